The van der Waals surface area contributed by atoms with Crippen LogP contribution in [0.25, 0.3) is 11.1 Å². The topological polar surface area (TPSA) is 100 Å². The van der Waals surface area contributed by atoms with Crippen LogP contribution in [0.5, 0.6) is 11.5 Å². The molecule has 0 unspecified atom stereocenters. The van der Waals surface area contributed by atoms with E-state index in [1.807, 2.05) is 0 Å². The number of carboxylic acid groups (broad SMARTS) is 1. The highest BCUT2D eigenvalue weighted by Crippen LogP contribution is 2.33. The summed E-state index contributed by atoms with van der Waals surface area (Å²) in [5.41, 5.74) is 2.07. The van der Waals surface area contributed by atoms with E-state index in [1.165, 1.54) is 0 Å². The molecule has 3 N–H and O–H groups in total. The average molecular weight is 296 g/mol. The minimum atomic E-state index is -1.16. The molecule has 0 aliphatic rings. The van der Waals surface area contributed by atoms with E-state index < -0.39 is 6.09 Å². The number of carbonyl (C=O) groups is 1. The van der Waals surface area contributed by atoms with Gasteiger partial charge in [-0.3, -0.25) is 15.4 Å². The molecule has 1 amide bonds. The number of ether oxygens (including phenoxy) is 1. The van der Waals surface area contributed by atoms with E-state index in [4.69, 9.17) is 9.84 Å². The number of aromatic amines is 1. The van der Waals surface area contributed by atoms with Crippen LogP contribution >= 0.6 is 0 Å². The van der Waals surface area contributed by atoms with Gasteiger partial charge in [-0.15, -0.1) is 0 Å². The van der Waals surface area contributed by atoms with E-state index in [-0.39, 0.29) is 0 Å². The van der Waals surface area contributed by atoms with E-state index in [0.29, 0.717) is 17.2 Å². The molecule has 0 spiro atoms. The molecule has 2 aromatic heterocycles. The van der Waals surface area contributed by atoms with Crippen molar-refractivity contribution in [3.05, 3.63) is 55.1 Å². The molecule has 0 saturated carbocycles. The van der Waals surface area contributed by atoms with Gasteiger partial charge in [0.1, 0.15) is 5.75 Å². The molecule has 22 heavy (non-hydrogen) atoms. The first-order valence-electron chi connectivity index (χ1n) is 6.43. The fourth-order valence-electron chi connectivity index (χ4n) is 1.95. The van der Waals surface area contributed by atoms with Crippen molar-refractivity contribution in [3.8, 4) is 22.6 Å². The second-order valence-corrected chi connectivity index (χ2v) is 4.42. The molecule has 0 atom stereocenters. The second-order valence-electron chi connectivity index (χ2n) is 4.42. The van der Waals surface area contributed by atoms with Gasteiger partial charge in [0.15, 0.2) is 5.75 Å². The van der Waals surface area contributed by atoms with Crippen LogP contribution in [0.1, 0.15) is 0 Å². The SMILES string of the molecule is O=C(O)Nc1ccc(-c2cn[nH]c2)cc1Oc1cccnc1. The van der Waals surface area contributed by atoms with Crippen molar-refractivity contribution in [2.75, 3.05) is 5.32 Å². The van der Waals surface area contributed by atoms with Gasteiger partial charge < -0.3 is 9.84 Å². The van der Waals surface area contributed by atoms with E-state index in [2.05, 4.69) is 20.5 Å². The predicted octanol–water partition coefficient (Wildman–Crippen LogP) is 3.35. The minimum Gasteiger partial charge on any atom is -0.465 e. The zero-order chi connectivity index (χ0) is 15.4. The Hall–Kier alpha value is -3.35. The number of nitrogens with one attached hydrogen (secondary N) is 2. The Morgan fingerprint density at radius 2 is 2.14 bits per heavy atom. The highest BCUT2D eigenvalue weighted by Gasteiger charge is 2.11. The molecule has 0 radical (unpaired) electrons. The van der Waals surface area contributed by atoms with Gasteiger partial charge in [0.05, 0.1) is 18.1 Å². The number of hydrogen-bond donors (Lipinski definition) is 3. The molecule has 110 valence electrons. The van der Waals surface area contributed by atoms with Crippen molar-refractivity contribution in [2.24, 2.45) is 0 Å². The first kappa shape index (κ1) is 13.6. The van der Waals surface area contributed by atoms with Crippen LogP contribution in [0.2, 0.25) is 0 Å². The summed E-state index contributed by atoms with van der Waals surface area (Å²) in [6.45, 7) is 0. The molecule has 3 aromatic rings. The summed E-state index contributed by atoms with van der Waals surface area (Å²) in [5, 5.41) is 17.9. The van der Waals surface area contributed by atoms with Gasteiger partial charge >= 0.3 is 6.09 Å². The Labute approximate surface area is 125 Å². The molecule has 0 fully saturated rings. The molecule has 7 heteroatoms. The number of nitrogens with zero attached hydrogens (tertiary/aromatic N) is 2. The fraction of sp³-hybridized carbons (Fsp3) is 0. The highest BCUT2D eigenvalue weighted by atomic mass is 16.5. The van der Waals surface area contributed by atoms with Gasteiger partial charge in [-0.05, 0) is 29.8 Å². The third kappa shape index (κ3) is 3.04. The van der Waals surface area contributed by atoms with Crippen LogP contribution in [0.4, 0.5) is 10.5 Å². The zero-order valence-electron chi connectivity index (χ0n) is 11.4. The number of aromatic nitrogens is 3. The molecule has 0 aliphatic heterocycles. The van der Waals surface area contributed by atoms with Crippen LogP contribution in [0.15, 0.2) is 55.1 Å². The van der Waals surface area contributed by atoms with Crippen molar-refractivity contribution >= 4 is 11.8 Å². The maximum atomic E-state index is 10.9. The van der Waals surface area contributed by atoms with Crippen molar-refractivity contribution < 1.29 is 14.6 Å². The highest BCUT2D eigenvalue weighted by molar-refractivity contribution is 5.86. The number of rotatable bonds is 4. The van der Waals surface area contributed by atoms with Gasteiger partial charge in [-0.1, -0.05) is 6.07 Å². The van der Waals surface area contributed by atoms with Crippen LogP contribution < -0.4 is 10.1 Å². The third-order valence-corrected chi connectivity index (χ3v) is 2.92. The Morgan fingerprint density at radius 1 is 1.23 bits per heavy atom. The maximum absolute atomic E-state index is 10.9. The summed E-state index contributed by atoms with van der Waals surface area (Å²) < 4.78 is 5.73. The monoisotopic (exact) mass is 296 g/mol. The van der Waals surface area contributed by atoms with Crippen molar-refractivity contribution in [2.45, 2.75) is 0 Å². The van der Waals surface area contributed by atoms with Gasteiger partial charge in [-0.25, -0.2) is 4.79 Å². The molecule has 3 rings (SSSR count). The standard InChI is InChI=1S/C15H12N4O3/c20-15(21)19-13-4-3-10(11-7-17-18-8-11)6-14(13)22-12-2-1-5-16-9-12/h1-9,19H,(H,17,18)(H,20,21). The lowest BCUT2D eigenvalue weighted by Gasteiger charge is -2.12. The van der Waals surface area contributed by atoms with Gasteiger partial charge in [0.2, 0.25) is 0 Å². The lowest BCUT2D eigenvalue weighted by atomic mass is 10.1. The number of H-pyrrole nitrogens is 1. The number of pyridine rings is 1. The fourth-order valence-corrected chi connectivity index (χ4v) is 1.95. The van der Waals surface area contributed by atoms with Crippen molar-refractivity contribution in [3.63, 3.8) is 0 Å². The lowest BCUT2D eigenvalue weighted by molar-refractivity contribution is 0.209. The zero-order valence-corrected chi connectivity index (χ0v) is 11.4. The van der Waals surface area contributed by atoms with Gasteiger partial charge in [-0.2, -0.15) is 5.10 Å². The van der Waals surface area contributed by atoms with E-state index in [0.717, 1.165) is 11.1 Å². The normalized spacial score (nSPS) is 10.2. The number of benzene rings is 1. The Balaban J connectivity index is 1.99. The number of hydrogen-bond acceptors (Lipinski definition) is 4. The summed E-state index contributed by atoms with van der Waals surface area (Å²) >= 11 is 0. The molecular formula is C15H12N4O3. The number of amides is 1. The Bertz CT molecular complexity index is 773. The van der Waals surface area contributed by atoms with Crippen LogP contribution in [-0.4, -0.2) is 26.4 Å². The number of anilines is 1. The summed E-state index contributed by atoms with van der Waals surface area (Å²) in [6, 6.07) is 8.64. The van der Waals surface area contributed by atoms with Gasteiger partial charge in [0, 0.05) is 18.0 Å². The largest absolute Gasteiger partial charge is 0.465 e. The van der Waals surface area contributed by atoms with E-state index in [9.17, 15) is 4.79 Å². The minimum absolute atomic E-state index is 0.351. The van der Waals surface area contributed by atoms with E-state index >= 15 is 0 Å². The quantitative estimate of drug-likeness (QED) is 0.685. The predicted molar refractivity (Wildman–Crippen MR) is 80.0 cm³/mol. The second kappa shape index (κ2) is 5.96. The first-order valence-corrected chi connectivity index (χ1v) is 6.43. The summed E-state index contributed by atoms with van der Waals surface area (Å²) in [4.78, 5) is 14.9. The lowest BCUT2D eigenvalue weighted by Crippen LogP contribution is -2.08. The summed E-state index contributed by atoms with van der Waals surface area (Å²) in [7, 11) is 0. The van der Waals surface area contributed by atoms with Gasteiger partial charge in [0.25, 0.3) is 0 Å². The van der Waals surface area contributed by atoms with E-state index in [1.54, 1.807) is 55.1 Å². The summed E-state index contributed by atoms with van der Waals surface area (Å²) in [6.07, 6.45) is 5.44. The van der Waals surface area contributed by atoms with Crippen LogP contribution in [0, 0.1) is 0 Å². The first-order chi connectivity index (χ1) is 10.7. The average Bonchev–Trinajstić information content (AvgIpc) is 3.04. The maximum Gasteiger partial charge on any atom is 0.409 e. The van der Waals surface area contributed by atoms with Crippen LogP contribution in [-0.2, 0) is 0 Å². The Kier molecular flexibility index (Phi) is 3.69. The Morgan fingerprint density at radius 3 is 2.82 bits per heavy atom. The smallest absolute Gasteiger partial charge is 0.409 e. The van der Waals surface area contributed by atoms with Crippen molar-refractivity contribution in [1.29, 1.82) is 0 Å². The molecule has 1 aromatic carbocycles. The molecule has 0 aliphatic carbocycles. The molecule has 0 bridgehead atoms. The molecular weight excluding hydrogens is 284 g/mol. The molecule has 2 heterocycles. The van der Waals surface area contributed by atoms with Crippen molar-refractivity contribution in [1.82, 2.24) is 15.2 Å². The van der Waals surface area contributed by atoms with Crippen LogP contribution in [0.3, 0.4) is 0 Å². The summed E-state index contributed by atoms with van der Waals surface area (Å²) in [5.74, 6) is 0.898. The molecule has 0 saturated heterocycles. The third-order valence-electron chi connectivity index (χ3n) is 2.92. The molecule has 7 nitrogen and oxygen atoms in total.